The summed E-state index contributed by atoms with van der Waals surface area (Å²) in [7, 11) is -1.65. The van der Waals surface area contributed by atoms with Crippen molar-refractivity contribution in [3.8, 4) is 0 Å². The van der Waals surface area contributed by atoms with Crippen molar-refractivity contribution in [2.24, 2.45) is 17.6 Å². The fraction of sp³-hybridized carbons (Fsp3) is 1.00. The molecule has 1 aliphatic rings. The Morgan fingerprint density at radius 1 is 1.37 bits per heavy atom. The molecule has 0 amide bonds. The molecule has 1 rings (SSSR count). The number of hydrogen-bond donors (Lipinski definition) is 1. The van der Waals surface area contributed by atoms with Crippen LogP contribution >= 0.6 is 0 Å². The van der Waals surface area contributed by atoms with E-state index in [1.807, 2.05) is 6.92 Å². The highest BCUT2D eigenvalue weighted by Gasteiger charge is 2.33. The maximum Gasteiger partial charge on any atom is 0.281 e. The second kappa shape index (κ2) is 7.02. The molecular weight excluding hydrogens is 262 g/mol. The van der Waals surface area contributed by atoms with Gasteiger partial charge in [0, 0.05) is 26.2 Å². The molecule has 2 atom stereocenters. The van der Waals surface area contributed by atoms with E-state index in [9.17, 15) is 8.42 Å². The second-order valence-electron chi connectivity index (χ2n) is 6.10. The number of rotatable bonds is 6. The van der Waals surface area contributed by atoms with E-state index in [4.69, 9.17) is 5.73 Å². The van der Waals surface area contributed by atoms with E-state index in [1.165, 1.54) is 4.31 Å². The van der Waals surface area contributed by atoms with Crippen molar-refractivity contribution in [3.63, 3.8) is 0 Å². The molecule has 2 N–H and O–H groups in total. The molecule has 0 aromatic heterocycles. The molecular formula is C13H29N3O2S. The van der Waals surface area contributed by atoms with Crippen LogP contribution in [0, 0.1) is 11.8 Å². The summed E-state index contributed by atoms with van der Waals surface area (Å²) in [5.41, 5.74) is 5.68. The molecule has 19 heavy (non-hydrogen) atoms. The van der Waals surface area contributed by atoms with Crippen molar-refractivity contribution in [3.05, 3.63) is 0 Å². The molecule has 0 aromatic rings. The molecule has 0 spiro atoms. The fourth-order valence-electron chi connectivity index (χ4n) is 2.67. The summed E-state index contributed by atoms with van der Waals surface area (Å²) in [6, 6.07) is 0.0308. The number of hydrogen-bond acceptors (Lipinski definition) is 3. The molecule has 5 nitrogen and oxygen atoms in total. The highest BCUT2D eigenvalue weighted by Crippen LogP contribution is 2.22. The van der Waals surface area contributed by atoms with Crippen molar-refractivity contribution >= 4 is 10.2 Å². The number of piperidine rings is 1. The largest absolute Gasteiger partial charge is 0.330 e. The zero-order chi connectivity index (χ0) is 14.6. The third kappa shape index (κ3) is 4.41. The lowest BCUT2D eigenvalue weighted by atomic mass is 10.0. The molecule has 1 fully saturated rings. The van der Waals surface area contributed by atoms with Crippen LogP contribution < -0.4 is 5.73 Å². The molecule has 1 heterocycles. The predicted octanol–water partition coefficient (Wildman–Crippen LogP) is 1.27. The van der Waals surface area contributed by atoms with Gasteiger partial charge >= 0.3 is 0 Å². The lowest BCUT2D eigenvalue weighted by Crippen LogP contribution is -2.50. The van der Waals surface area contributed by atoms with Crippen LogP contribution in [0.15, 0.2) is 0 Å². The lowest BCUT2D eigenvalue weighted by molar-refractivity contribution is 0.241. The molecule has 0 saturated carbocycles. The minimum Gasteiger partial charge on any atom is -0.330 e. The molecule has 1 saturated heterocycles. The van der Waals surface area contributed by atoms with E-state index in [1.54, 1.807) is 11.4 Å². The van der Waals surface area contributed by atoms with Gasteiger partial charge in [0.05, 0.1) is 0 Å². The van der Waals surface area contributed by atoms with E-state index >= 15 is 0 Å². The van der Waals surface area contributed by atoms with Crippen LogP contribution in [0.5, 0.6) is 0 Å². The number of nitrogens with zero attached hydrogens (tertiary/aromatic N) is 2. The first kappa shape index (κ1) is 16.9. The summed E-state index contributed by atoms with van der Waals surface area (Å²) in [6.45, 7) is 7.96. The van der Waals surface area contributed by atoms with Gasteiger partial charge in [0.15, 0.2) is 0 Å². The first-order valence-corrected chi connectivity index (χ1v) is 8.61. The third-order valence-corrected chi connectivity index (χ3v) is 6.01. The smallest absolute Gasteiger partial charge is 0.281 e. The third-order valence-electron chi connectivity index (χ3n) is 3.94. The van der Waals surface area contributed by atoms with Crippen molar-refractivity contribution < 1.29 is 8.42 Å². The maximum atomic E-state index is 12.6. The standard InChI is InChI=1S/C13H29N3O2S/c1-11(2)8-12(3)15(4)19(17,18)16-7-5-6-13(9-14)10-16/h11-13H,5-10,14H2,1-4H3. The minimum atomic E-state index is -3.34. The van der Waals surface area contributed by atoms with Crippen LogP contribution in [0.1, 0.15) is 40.0 Å². The van der Waals surface area contributed by atoms with Crippen molar-refractivity contribution in [1.29, 1.82) is 0 Å². The van der Waals surface area contributed by atoms with Crippen molar-refractivity contribution in [2.45, 2.75) is 46.1 Å². The average Bonchev–Trinajstić information content (AvgIpc) is 2.37. The van der Waals surface area contributed by atoms with Crippen LogP contribution in [-0.2, 0) is 10.2 Å². The van der Waals surface area contributed by atoms with Gasteiger partial charge in [-0.15, -0.1) is 0 Å². The Labute approximate surface area is 118 Å². The molecule has 1 aliphatic heterocycles. The second-order valence-corrected chi connectivity index (χ2v) is 8.09. The quantitative estimate of drug-likeness (QED) is 0.801. The van der Waals surface area contributed by atoms with E-state index in [2.05, 4.69) is 13.8 Å². The van der Waals surface area contributed by atoms with Crippen LogP contribution in [0.2, 0.25) is 0 Å². The van der Waals surface area contributed by atoms with Crippen LogP contribution in [0.25, 0.3) is 0 Å². The molecule has 0 aromatic carbocycles. The van der Waals surface area contributed by atoms with Gasteiger partial charge in [-0.2, -0.15) is 17.0 Å². The Bertz CT molecular complexity index is 370. The van der Waals surface area contributed by atoms with E-state index in [0.29, 0.717) is 31.5 Å². The summed E-state index contributed by atoms with van der Waals surface area (Å²) in [5, 5.41) is 0. The Morgan fingerprint density at radius 2 is 2.00 bits per heavy atom. The van der Waals surface area contributed by atoms with Gasteiger partial charge in [-0.3, -0.25) is 0 Å². The Morgan fingerprint density at radius 3 is 2.53 bits per heavy atom. The van der Waals surface area contributed by atoms with E-state index in [0.717, 1.165) is 19.3 Å². The van der Waals surface area contributed by atoms with Crippen LogP contribution in [0.3, 0.4) is 0 Å². The first-order chi connectivity index (χ1) is 8.78. The van der Waals surface area contributed by atoms with Crippen LogP contribution in [-0.4, -0.2) is 49.8 Å². The predicted molar refractivity (Wildman–Crippen MR) is 79.0 cm³/mol. The summed E-state index contributed by atoms with van der Waals surface area (Å²) in [4.78, 5) is 0. The Balaban J connectivity index is 2.73. The van der Waals surface area contributed by atoms with Crippen LogP contribution in [0.4, 0.5) is 0 Å². The van der Waals surface area contributed by atoms with Gasteiger partial charge in [0.1, 0.15) is 0 Å². The number of nitrogens with two attached hydrogens (primary N) is 1. The molecule has 0 aliphatic carbocycles. The molecule has 2 unspecified atom stereocenters. The zero-order valence-corrected chi connectivity index (χ0v) is 13.5. The molecule has 0 bridgehead atoms. The van der Waals surface area contributed by atoms with Gasteiger partial charge < -0.3 is 5.73 Å². The normalized spacial score (nSPS) is 24.1. The highest BCUT2D eigenvalue weighted by molar-refractivity contribution is 7.86. The highest BCUT2D eigenvalue weighted by atomic mass is 32.2. The van der Waals surface area contributed by atoms with Gasteiger partial charge in [-0.25, -0.2) is 0 Å². The fourth-order valence-corrected chi connectivity index (χ4v) is 4.33. The topological polar surface area (TPSA) is 66.6 Å². The summed E-state index contributed by atoms with van der Waals surface area (Å²) >= 11 is 0. The average molecular weight is 291 g/mol. The molecule has 0 radical (unpaired) electrons. The summed E-state index contributed by atoms with van der Waals surface area (Å²) in [6.07, 6.45) is 2.82. The van der Waals surface area contributed by atoms with Crippen molar-refractivity contribution in [1.82, 2.24) is 8.61 Å². The Kier molecular flexibility index (Phi) is 6.23. The van der Waals surface area contributed by atoms with Gasteiger partial charge in [-0.05, 0) is 44.6 Å². The zero-order valence-electron chi connectivity index (χ0n) is 12.7. The van der Waals surface area contributed by atoms with E-state index in [-0.39, 0.29) is 6.04 Å². The minimum absolute atomic E-state index is 0.0308. The summed E-state index contributed by atoms with van der Waals surface area (Å²) < 4.78 is 28.3. The van der Waals surface area contributed by atoms with Crippen molar-refractivity contribution in [2.75, 3.05) is 26.7 Å². The molecule has 114 valence electrons. The van der Waals surface area contributed by atoms with Gasteiger partial charge in [0.25, 0.3) is 10.2 Å². The maximum absolute atomic E-state index is 12.6. The Hall–Kier alpha value is -0.170. The summed E-state index contributed by atoms with van der Waals surface area (Å²) in [5.74, 6) is 0.795. The van der Waals surface area contributed by atoms with Gasteiger partial charge in [0.2, 0.25) is 0 Å². The SMILES string of the molecule is CC(C)CC(C)N(C)S(=O)(=O)N1CCCC(CN)C1. The monoisotopic (exact) mass is 291 g/mol. The molecule has 6 heteroatoms. The van der Waals surface area contributed by atoms with E-state index < -0.39 is 10.2 Å². The lowest BCUT2D eigenvalue weighted by Gasteiger charge is -2.36. The van der Waals surface area contributed by atoms with Gasteiger partial charge in [-0.1, -0.05) is 13.8 Å². The first-order valence-electron chi connectivity index (χ1n) is 7.22.